The molecule has 0 aliphatic heterocycles. The van der Waals surface area contributed by atoms with Crippen molar-refractivity contribution in [2.24, 2.45) is 0 Å². The molecule has 8 nitrogen and oxygen atoms in total. The molecule has 2 aromatic rings. The van der Waals surface area contributed by atoms with E-state index in [1.54, 1.807) is 6.92 Å². The fraction of sp³-hybridized carbons (Fsp3) is 0.375. The Morgan fingerprint density at radius 2 is 2.18 bits per heavy atom. The van der Waals surface area contributed by atoms with Gasteiger partial charge in [0.1, 0.15) is 0 Å². The summed E-state index contributed by atoms with van der Waals surface area (Å²) in [5.41, 5.74) is 6.91. The maximum absolute atomic E-state index is 5.84. The van der Waals surface area contributed by atoms with Crippen molar-refractivity contribution in [1.82, 2.24) is 30.6 Å². The highest BCUT2D eigenvalue weighted by Crippen LogP contribution is 2.23. The fourth-order valence-electron chi connectivity index (χ4n) is 1.28. The van der Waals surface area contributed by atoms with Crippen molar-refractivity contribution in [3.8, 4) is 0 Å². The molecule has 0 saturated carbocycles. The lowest BCUT2D eigenvalue weighted by Crippen LogP contribution is -2.13. The number of tetrazole rings is 1. The van der Waals surface area contributed by atoms with Crippen LogP contribution in [0, 0.1) is 6.92 Å². The number of nitrogens with zero attached hydrogens (tertiary/aromatic N) is 5. The first-order valence-corrected chi connectivity index (χ1v) is 5.25. The summed E-state index contributed by atoms with van der Waals surface area (Å²) in [6, 6.07) is -0.193. The second-order valence-corrected chi connectivity index (χ2v) is 3.81. The SMILES string of the molecule is Cc1nc(Cl)nc(NC(C)c2nn[nH]n2)c1N. The van der Waals surface area contributed by atoms with Crippen molar-refractivity contribution < 1.29 is 0 Å². The minimum Gasteiger partial charge on any atom is -0.394 e. The van der Waals surface area contributed by atoms with E-state index in [9.17, 15) is 0 Å². The van der Waals surface area contributed by atoms with Crippen LogP contribution in [0.15, 0.2) is 0 Å². The number of hydrogen-bond donors (Lipinski definition) is 3. The molecule has 0 aliphatic carbocycles. The van der Waals surface area contributed by atoms with Gasteiger partial charge in [-0.25, -0.2) is 4.98 Å². The summed E-state index contributed by atoms with van der Waals surface area (Å²) in [5.74, 6) is 0.969. The number of halogens is 1. The molecule has 1 atom stereocenters. The number of nitrogens with one attached hydrogen (secondary N) is 2. The average Bonchev–Trinajstić information content (AvgIpc) is 2.78. The summed E-state index contributed by atoms with van der Waals surface area (Å²) in [6.45, 7) is 3.61. The zero-order valence-electron chi connectivity index (χ0n) is 9.27. The van der Waals surface area contributed by atoms with Gasteiger partial charge in [-0.05, 0) is 25.4 Å². The van der Waals surface area contributed by atoms with Crippen LogP contribution in [-0.4, -0.2) is 30.6 Å². The Kier molecular flexibility index (Phi) is 3.05. The summed E-state index contributed by atoms with van der Waals surface area (Å²) in [5, 5.41) is 16.8. The number of nitrogen functional groups attached to an aromatic ring is 1. The minimum atomic E-state index is -0.193. The molecule has 0 fully saturated rings. The van der Waals surface area contributed by atoms with E-state index in [0.29, 0.717) is 23.0 Å². The van der Waals surface area contributed by atoms with Crippen molar-refractivity contribution in [2.45, 2.75) is 19.9 Å². The van der Waals surface area contributed by atoms with Gasteiger partial charge < -0.3 is 11.1 Å². The zero-order valence-corrected chi connectivity index (χ0v) is 10.0. The predicted octanol–water partition coefficient (Wildman–Crippen LogP) is 0.707. The number of nitrogens with two attached hydrogens (primary N) is 1. The van der Waals surface area contributed by atoms with Crippen LogP contribution in [0.2, 0.25) is 5.28 Å². The smallest absolute Gasteiger partial charge is 0.224 e. The third-order valence-electron chi connectivity index (χ3n) is 2.21. The predicted molar refractivity (Wildman–Crippen MR) is 62.4 cm³/mol. The van der Waals surface area contributed by atoms with Gasteiger partial charge in [0.25, 0.3) is 0 Å². The molecule has 0 spiro atoms. The highest BCUT2D eigenvalue weighted by molar-refractivity contribution is 6.28. The van der Waals surface area contributed by atoms with Gasteiger partial charge in [0, 0.05) is 0 Å². The van der Waals surface area contributed by atoms with Gasteiger partial charge >= 0.3 is 0 Å². The molecule has 2 heterocycles. The van der Waals surface area contributed by atoms with Crippen molar-refractivity contribution in [3.05, 3.63) is 16.8 Å². The van der Waals surface area contributed by atoms with Gasteiger partial charge in [-0.3, -0.25) is 0 Å². The van der Waals surface area contributed by atoms with Crippen LogP contribution in [0.25, 0.3) is 0 Å². The zero-order chi connectivity index (χ0) is 12.4. The first-order chi connectivity index (χ1) is 8.08. The van der Waals surface area contributed by atoms with Gasteiger partial charge in [0.2, 0.25) is 5.28 Å². The average molecular weight is 255 g/mol. The maximum atomic E-state index is 5.84. The molecule has 2 aromatic heterocycles. The molecule has 0 saturated heterocycles. The molecular formula is C8H11ClN8. The van der Waals surface area contributed by atoms with Crippen LogP contribution in [-0.2, 0) is 0 Å². The van der Waals surface area contributed by atoms with Crippen LogP contribution in [0.5, 0.6) is 0 Å². The van der Waals surface area contributed by atoms with Gasteiger partial charge in [0.15, 0.2) is 11.6 Å². The van der Waals surface area contributed by atoms with Crippen molar-refractivity contribution in [1.29, 1.82) is 0 Å². The van der Waals surface area contributed by atoms with Gasteiger partial charge in [-0.1, -0.05) is 5.21 Å². The largest absolute Gasteiger partial charge is 0.394 e. The number of rotatable bonds is 3. The Bertz CT molecular complexity index is 510. The number of anilines is 2. The monoisotopic (exact) mass is 254 g/mol. The molecule has 0 radical (unpaired) electrons. The number of aromatic amines is 1. The molecule has 17 heavy (non-hydrogen) atoms. The summed E-state index contributed by atoms with van der Waals surface area (Å²) in [4.78, 5) is 7.96. The van der Waals surface area contributed by atoms with E-state index >= 15 is 0 Å². The summed E-state index contributed by atoms with van der Waals surface area (Å²) in [7, 11) is 0. The van der Waals surface area contributed by atoms with Crippen LogP contribution in [0.1, 0.15) is 24.5 Å². The number of aryl methyl sites for hydroxylation is 1. The normalized spacial score (nSPS) is 12.4. The third-order valence-corrected chi connectivity index (χ3v) is 2.38. The summed E-state index contributed by atoms with van der Waals surface area (Å²) < 4.78 is 0. The lowest BCUT2D eigenvalue weighted by molar-refractivity contribution is 0.787. The molecule has 1 unspecified atom stereocenters. The summed E-state index contributed by atoms with van der Waals surface area (Å²) >= 11 is 5.76. The van der Waals surface area contributed by atoms with E-state index in [4.69, 9.17) is 17.3 Å². The first-order valence-electron chi connectivity index (χ1n) is 4.87. The molecule has 0 aromatic carbocycles. The lowest BCUT2D eigenvalue weighted by Gasteiger charge is -2.13. The Balaban J connectivity index is 2.24. The molecular weight excluding hydrogens is 244 g/mol. The van der Waals surface area contributed by atoms with Crippen LogP contribution >= 0.6 is 11.6 Å². The quantitative estimate of drug-likeness (QED) is 0.690. The van der Waals surface area contributed by atoms with E-state index in [-0.39, 0.29) is 11.3 Å². The Labute approximate surface area is 102 Å². The van der Waals surface area contributed by atoms with Crippen molar-refractivity contribution >= 4 is 23.1 Å². The second kappa shape index (κ2) is 4.50. The van der Waals surface area contributed by atoms with Gasteiger partial charge in [-0.15, -0.1) is 10.2 Å². The first kappa shape index (κ1) is 11.5. The van der Waals surface area contributed by atoms with E-state index < -0.39 is 0 Å². The highest BCUT2D eigenvalue weighted by Gasteiger charge is 2.14. The van der Waals surface area contributed by atoms with Crippen LogP contribution in [0.3, 0.4) is 0 Å². The van der Waals surface area contributed by atoms with Crippen LogP contribution < -0.4 is 11.1 Å². The van der Waals surface area contributed by atoms with E-state index in [1.165, 1.54) is 0 Å². The van der Waals surface area contributed by atoms with Gasteiger partial charge in [0.05, 0.1) is 17.4 Å². The topological polar surface area (TPSA) is 118 Å². The third kappa shape index (κ3) is 2.41. The molecule has 0 bridgehead atoms. The van der Waals surface area contributed by atoms with E-state index in [0.717, 1.165) is 0 Å². The minimum absolute atomic E-state index is 0.138. The molecule has 9 heteroatoms. The maximum Gasteiger partial charge on any atom is 0.224 e. The van der Waals surface area contributed by atoms with E-state index in [1.807, 2.05) is 6.92 Å². The number of aromatic nitrogens is 6. The van der Waals surface area contributed by atoms with E-state index in [2.05, 4.69) is 35.9 Å². The van der Waals surface area contributed by atoms with Crippen LogP contribution in [0.4, 0.5) is 11.5 Å². The Morgan fingerprint density at radius 1 is 1.41 bits per heavy atom. The Morgan fingerprint density at radius 3 is 2.82 bits per heavy atom. The molecule has 4 N–H and O–H groups in total. The second-order valence-electron chi connectivity index (χ2n) is 3.48. The van der Waals surface area contributed by atoms with Gasteiger partial charge in [-0.2, -0.15) is 10.2 Å². The molecule has 90 valence electrons. The number of H-pyrrole nitrogens is 1. The number of hydrogen-bond acceptors (Lipinski definition) is 7. The van der Waals surface area contributed by atoms with Crippen molar-refractivity contribution in [3.63, 3.8) is 0 Å². The molecule has 0 amide bonds. The fourth-order valence-corrected chi connectivity index (χ4v) is 1.49. The standard InChI is InChI=1S/C8H11ClN8/c1-3-5(10)7(13-8(9)12-3)11-4(2)6-14-16-17-15-6/h4H,10H2,1-2H3,(H,11,12,13)(H,14,15,16,17). The van der Waals surface area contributed by atoms with Crippen molar-refractivity contribution in [2.75, 3.05) is 11.1 Å². The molecule has 2 rings (SSSR count). The highest BCUT2D eigenvalue weighted by atomic mass is 35.5. The summed E-state index contributed by atoms with van der Waals surface area (Å²) in [6.07, 6.45) is 0. The lowest BCUT2D eigenvalue weighted by atomic mass is 10.3. The molecule has 0 aliphatic rings. The Hall–Kier alpha value is -1.96.